The minimum atomic E-state index is 0.751. The Morgan fingerprint density at radius 1 is 0.759 bits per heavy atom. The van der Waals surface area contributed by atoms with E-state index in [4.69, 9.17) is 4.74 Å². The molecule has 0 amide bonds. The molecule has 0 bridgehead atoms. The van der Waals surface area contributed by atoms with Crippen molar-refractivity contribution in [3.63, 3.8) is 0 Å². The molecule has 0 saturated carbocycles. The molecule has 0 aliphatic heterocycles. The Morgan fingerprint density at radius 2 is 1.34 bits per heavy atom. The first-order valence-electron chi connectivity index (χ1n) is 10.6. The van der Waals surface area contributed by atoms with Gasteiger partial charge < -0.3 is 9.64 Å². The Labute approximate surface area is 175 Å². The van der Waals surface area contributed by atoms with E-state index in [1.807, 2.05) is 6.07 Å². The van der Waals surface area contributed by atoms with E-state index in [2.05, 4.69) is 104 Å². The van der Waals surface area contributed by atoms with E-state index in [1.54, 1.807) is 0 Å². The predicted molar refractivity (Wildman–Crippen MR) is 124 cm³/mol. The van der Waals surface area contributed by atoms with Crippen molar-refractivity contribution in [3.05, 3.63) is 102 Å². The van der Waals surface area contributed by atoms with Gasteiger partial charge in [-0.2, -0.15) is 0 Å². The second kappa shape index (κ2) is 11.2. The third-order valence-corrected chi connectivity index (χ3v) is 5.14. The van der Waals surface area contributed by atoms with Gasteiger partial charge in [-0.15, -0.1) is 0 Å². The van der Waals surface area contributed by atoms with Crippen LogP contribution >= 0.6 is 0 Å². The molecule has 0 aliphatic rings. The van der Waals surface area contributed by atoms with E-state index in [1.165, 1.54) is 22.3 Å². The van der Waals surface area contributed by atoms with Crippen LogP contribution in [0.1, 0.15) is 37.0 Å². The summed E-state index contributed by atoms with van der Waals surface area (Å²) < 4.78 is 5.96. The van der Waals surface area contributed by atoms with Crippen molar-refractivity contribution >= 4 is 11.6 Å². The SMILES string of the molecule is CCN(CC)CCCOc1ccc(C(=Cc2ccccc2)c2ccccc2)cc1. The van der Waals surface area contributed by atoms with Crippen LogP contribution in [0.5, 0.6) is 5.75 Å². The molecule has 29 heavy (non-hydrogen) atoms. The molecule has 2 heteroatoms. The number of hydrogen-bond acceptors (Lipinski definition) is 2. The second-order valence-electron chi connectivity index (χ2n) is 7.09. The van der Waals surface area contributed by atoms with Gasteiger partial charge in [0, 0.05) is 6.54 Å². The number of nitrogens with zero attached hydrogens (tertiary/aromatic N) is 1. The van der Waals surface area contributed by atoms with Gasteiger partial charge in [-0.1, -0.05) is 86.6 Å². The van der Waals surface area contributed by atoms with Crippen LogP contribution in [-0.2, 0) is 0 Å². The highest BCUT2D eigenvalue weighted by atomic mass is 16.5. The Bertz CT molecular complexity index is 865. The Kier molecular flexibility index (Phi) is 8.09. The zero-order chi connectivity index (χ0) is 20.3. The van der Waals surface area contributed by atoms with Crippen LogP contribution < -0.4 is 4.74 Å². The first-order valence-corrected chi connectivity index (χ1v) is 10.6. The van der Waals surface area contributed by atoms with Crippen LogP contribution in [0.15, 0.2) is 84.9 Å². The molecule has 150 valence electrons. The van der Waals surface area contributed by atoms with Gasteiger partial charge in [0.05, 0.1) is 6.61 Å². The molecule has 0 spiro atoms. The van der Waals surface area contributed by atoms with Gasteiger partial charge in [-0.05, 0) is 60.0 Å². The average Bonchev–Trinajstić information content (AvgIpc) is 2.79. The summed E-state index contributed by atoms with van der Waals surface area (Å²) in [5.74, 6) is 0.931. The molecule has 0 atom stereocenters. The van der Waals surface area contributed by atoms with Crippen molar-refractivity contribution < 1.29 is 4.74 Å². The predicted octanol–water partition coefficient (Wildman–Crippen LogP) is 6.39. The number of rotatable bonds is 10. The number of ether oxygens (including phenoxy) is 1. The van der Waals surface area contributed by atoms with Crippen molar-refractivity contribution in [3.8, 4) is 5.75 Å². The Balaban J connectivity index is 1.72. The molecule has 0 fully saturated rings. The Hall–Kier alpha value is -2.84. The molecule has 0 radical (unpaired) electrons. The van der Waals surface area contributed by atoms with Gasteiger partial charge in [0.1, 0.15) is 5.75 Å². The van der Waals surface area contributed by atoms with Crippen molar-refractivity contribution in [2.45, 2.75) is 20.3 Å². The van der Waals surface area contributed by atoms with Gasteiger partial charge in [0.15, 0.2) is 0 Å². The van der Waals surface area contributed by atoms with E-state index in [0.717, 1.165) is 38.4 Å². The Morgan fingerprint density at radius 3 is 1.97 bits per heavy atom. The summed E-state index contributed by atoms with van der Waals surface area (Å²) >= 11 is 0. The second-order valence-corrected chi connectivity index (χ2v) is 7.09. The summed E-state index contributed by atoms with van der Waals surface area (Å²) in [4.78, 5) is 2.42. The maximum absolute atomic E-state index is 5.96. The monoisotopic (exact) mass is 385 g/mol. The van der Waals surface area contributed by atoms with Crippen molar-refractivity contribution in [1.82, 2.24) is 4.90 Å². The van der Waals surface area contributed by atoms with Gasteiger partial charge in [0.2, 0.25) is 0 Å². The topological polar surface area (TPSA) is 12.5 Å². The molecular weight excluding hydrogens is 354 g/mol. The molecule has 3 rings (SSSR count). The van der Waals surface area contributed by atoms with Crippen LogP contribution in [0.4, 0.5) is 0 Å². The molecule has 3 aromatic rings. The van der Waals surface area contributed by atoms with E-state index in [9.17, 15) is 0 Å². The molecule has 2 nitrogen and oxygen atoms in total. The summed E-state index contributed by atoms with van der Waals surface area (Å²) in [5, 5.41) is 0. The highest BCUT2D eigenvalue weighted by molar-refractivity contribution is 5.91. The molecule has 0 aromatic heterocycles. The minimum Gasteiger partial charge on any atom is -0.494 e. The fraction of sp³-hybridized carbons (Fsp3) is 0.259. The first-order chi connectivity index (χ1) is 14.3. The maximum Gasteiger partial charge on any atom is 0.119 e. The highest BCUT2D eigenvalue weighted by Gasteiger charge is 2.06. The molecule has 0 aliphatic carbocycles. The van der Waals surface area contributed by atoms with Gasteiger partial charge in [-0.3, -0.25) is 0 Å². The lowest BCUT2D eigenvalue weighted by molar-refractivity contribution is 0.249. The zero-order valence-corrected chi connectivity index (χ0v) is 17.6. The molecule has 0 N–H and O–H groups in total. The third-order valence-electron chi connectivity index (χ3n) is 5.14. The van der Waals surface area contributed by atoms with Gasteiger partial charge >= 0.3 is 0 Å². The largest absolute Gasteiger partial charge is 0.494 e. The van der Waals surface area contributed by atoms with E-state index in [0.29, 0.717) is 0 Å². The lowest BCUT2D eigenvalue weighted by atomic mass is 9.95. The number of benzene rings is 3. The van der Waals surface area contributed by atoms with E-state index >= 15 is 0 Å². The molecule has 0 saturated heterocycles. The molecular formula is C27H31NO. The summed E-state index contributed by atoms with van der Waals surface area (Å²) in [6.07, 6.45) is 3.29. The number of hydrogen-bond donors (Lipinski definition) is 0. The fourth-order valence-corrected chi connectivity index (χ4v) is 3.42. The third kappa shape index (κ3) is 6.33. The summed E-state index contributed by atoms with van der Waals surface area (Å²) in [5.41, 5.74) is 4.81. The summed E-state index contributed by atoms with van der Waals surface area (Å²) in [6.45, 7) is 8.44. The molecule has 0 unspecified atom stereocenters. The minimum absolute atomic E-state index is 0.751. The van der Waals surface area contributed by atoms with E-state index in [-0.39, 0.29) is 0 Å². The van der Waals surface area contributed by atoms with Gasteiger partial charge in [-0.25, -0.2) is 0 Å². The van der Waals surface area contributed by atoms with Crippen molar-refractivity contribution in [2.75, 3.05) is 26.2 Å². The summed E-state index contributed by atoms with van der Waals surface area (Å²) in [7, 11) is 0. The van der Waals surface area contributed by atoms with E-state index < -0.39 is 0 Å². The van der Waals surface area contributed by atoms with Crippen LogP contribution in [0.25, 0.3) is 11.6 Å². The van der Waals surface area contributed by atoms with Gasteiger partial charge in [0.25, 0.3) is 0 Å². The quantitative estimate of drug-likeness (QED) is 0.296. The maximum atomic E-state index is 5.96. The van der Waals surface area contributed by atoms with Crippen LogP contribution in [0.3, 0.4) is 0 Å². The molecule has 0 heterocycles. The van der Waals surface area contributed by atoms with Crippen LogP contribution in [0.2, 0.25) is 0 Å². The van der Waals surface area contributed by atoms with Crippen LogP contribution in [-0.4, -0.2) is 31.1 Å². The fourth-order valence-electron chi connectivity index (χ4n) is 3.42. The van der Waals surface area contributed by atoms with Crippen molar-refractivity contribution in [2.24, 2.45) is 0 Å². The lowest BCUT2D eigenvalue weighted by Gasteiger charge is -2.17. The van der Waals surface area contributed by atoms with Crippen LogP contribution in [0, 0.1) is 0 Å². The highest BCUT2D eigenvalue weighted by Crippen LogP contribution is 2.27. The zero-order valence-electron chi connectivity index (χ0n) is 17.6. The molecule has 3 aromatic carbocycles. The average molecular weight is 386 g/mol. The first kappa shape index (κ1) is 20.9. The summed E-state index contributed by atoms with van der Waals surface area (Å²) in [6, 6.07) is 29.5. The lowest BCUT2D eigenvalue weighted by Crippen LogP contribution is -2.25. The standard InChI is InChI=1S/C27H31NO/c1-3-28(4-2)20-11-21-29-26-18-16-25(17-19-26)27(24-14-9-6-10-15-24)22-23-12-7-5-8-13-23/h5-10,12-19,22H,3-4,11,20-21H2,1-2H3. The van der Waals surface area contributed by atoms with Crippen molar-refractivity contribution in [1.29, 1.82) is 0 Å². The normalized spacial score (nSPS) is 11.6. The smallest absolute Gasteiger partial charge is 0.119 e.